The van der Waals surface area contributed by atoms with Crippen LogP contribution in [0.3, 0.4) is 0 Å². The van der Waals surface area contributed by atoms with Crippen LogP contribution in [0.2, 0.25) is 0 Å². The molecule has 1 fully saturated rings. The van der Waals surface area contributed by atoms with Crippen LogP contribution in [0.25, 0.3) is 0 Å². The van der Waals surface area contributed by atoms with Crippen molar-refractivity contribution in [1.29, 1.82) is 0 Å². The van der Waals surface area contributed by atoms with Crippen molar-refractivity contribution in [3.63, 3.8) is 0 Å². The summed E-state index contributed by atoms with van der Waals surface area (Å²) in [7, 11) is 3.92. The molecule has 0 aromatic carbocycles. The highest BCUT2D eigenvalue weighted by molar-refractivity contribution is 4.92. The molecule has 0 bridgehead atoms. The first-order valence-corrected chi connectivity index (χ1v) is 8.09. The molecule has 114 valence electrons. The molecule has 0 aromatic heterocycles. The van der Waals surface area contributed by atoms with Crippen molar-refractivity contribution >= 4 is 0 Å². The molecule has 3 heteroatoms. The van der Waals surface area contributed by atoms with Crippen LogP contribution in [0, 0.1) is 5.92 Å². The average molecular weight is 270 g/mol. The zero-order valence-corrected chi connectivity index (χ0v) is 13.6. The van der Waals surface area contributed by atoms with E-state index in [0.29, 0.717) is 18.1 Å². The van der Waals surface area contributed by atoms with Gasteiger partial charge in [-0.25, -0.2) is 0 Å². The van der Waals surface area contributed by atoms with Crippen molar-refractivity contribution in [2.24, 2.45) is 5.92 Å². The van der Waals surface area contributed by atoms with Crippen molar-refractivity contribution in [1.82, 2.24) is 10.2 Å². The van der Waals surface area contributed by atoms with Crippen LogP contribution in [-0.4, -0.2) is 50.3 Å². The average Bonchev–Trinajstić information content (AvgIpc) is 2.41. The van der Waals surface area contributed by atoms with Gasteiger partial charge in [0.15, 0.2) is 0 Å². The zero-order chi connectivity index (χ0) is 14.3. The first kappa shape index (κ1) is 16.9. The molecule has 4 atom stereocenters. The second-order valence-electron chi connectivity index (χ2n) is 6.07. The molecular weight excluding hydrogens is 236 g/mol. The molecule has 1 N–H and O–H groups in total. The van der Waals surface area contributed by atoms with Crippen molar-refractivity contribution in [2.75, 3.05) is 27.3 Å². The Hall–Kier alpha value is -0.120. The normalized spacial score (nSPS) is 29.7. The van der Waals surface area contributed by atoms with Gasteiger partial charge in [-0.3, -0.25) is 4.90 Å². The van der Waals surface area contributed by atoms with E-state index in [0.717, 1.165) is 19.1 Å². The highest BCUT2D eigenvalue weighted by atomic mass is 16.5. The minimum atomic E-state index is 0.510. The Labute approximate surface area is 120 Å². The summed E-state index contributed by atoms with van der Waals surface area (Å²) in [6, 6.07) is 1.83. The molecule has 0 aromatic rings. The van der Waals surface area contributed by atoms with E-state index in [1.54, 1.807) is 7.11 Å². The molecular formula is C16H34N2O. The first-order valence-electron chi connectivity index (χ1n) is 8.09. The zero-order valence-electron chi connectivity index (χ0n) is 13.6. The lowest BCUT2D eigenvalue weighted by Crippen LogP contribution is -2.55. The van der Waals surface area contributed by atoms with Gasteiger partial charge >= 0.3 is 0 Å². The fourth-order valence-electron chi connectivity index (χ4n) is 3.81. The second-order valence-corrected chi connectivity index (χ2v) is 6.07. The third kappa shape index (κ3) is 4.73. The summed E-state index contributed by atoms with van der Waals surface area (Å²) in [6.07, 6.45) is 6.78. The van der Waals surface area contributed by atoms with Gasteiger partial charge in [0.05, 0.1) is 6.61 Å². The quantitative estimate of drug-likeness (QED) is 0.734. The van der Waals surface area contributed by atoms with Crippen LogP contribution in [0.15, 0.2) is 0 Å². The lowest BCUT2D eigenvalue weighted by atomic mass is 9.79. The maximum atomic E-state index is 5.36. The second kappa shape index (κ2) is 8.93. The molecule has 1 aliphatic rings. The third-order valence-corrected chi connectivity index (χ3v) is 4.76. The van der Waals surface area contributed by atoms with Crippen LogP contribution >= 0.6 is 0 Å². The summed E-state index contributed by atoms with van der Waals surface area (Å²) in [6.45, 7) is 8.83. The topological polar surface area (TPSA) is 24.5 Å². The number of hydrogen-bond acceptors (Lipinski definition) is 3. The predicted molar refractivity (Wildman–Crippen MR) is 82.6 cm³/mol. The van der Waals surface area contributed by atoms with E-state index in [1.807, 2.05) is 0 Å². The van der Waals surface area contributed by atoms with Gasteiger partial charge in [0.2, 0.25) is 0 Å². The number of likely N-dealkylation sites (N-methyl/N-ethyl adjacent to an activating group) is 2. The van der Waals surface area contributed by atoms with Crippen LogP contribution in [0.5, 0.6) is 0 Å². The van der Waals surface area contributed by atoms with E-state index in [9.17, 15) is 0 Å². The smallest absolute Gasteiger partial charge is 0.0615 e. The molecule has 4 unspecified atom stereocenters. The summed E-state index contributed by atoms with van der Waals surface area (Å²) in [5.74, 6) is 0.920. The fourth-order valence-corrected chi connectivity index (χ4v) is 3.81. The Bertz CT molecular complexity index is 235. The maximum absolute atomic E-state index is 5.36. The van der Waals surface area contributed by atoms with E-state index in [-0.39, 0.29) is 0 Å². The molecule has 0 aliphatic heterocycles. The Kier molecular flexibility index (Phi) is 7.96. The number of ether oxygens (including phenoxy) is 1. The van der Waals surface area contributed by atoms with Gasteiger partial charge in [-0.05, 0) is 45.7 Å². The summed E-state index contributed by atoms with van der Waals surface area (Å²) >= 11 is 0. The van der Waals surface area contributed by atoms with E-state index < -0.39 is 0 Å². The van der Waals surface area contributed by atoms with Crippen LogP contribution < -0.4 is 5.32 Å². The minimum Gasteiger partial charge on any atom is -0.383 e. The molecule has 0 amide bonds. The van der Waals surface area contributed by atoms with Gasteiger partial charge < -0.3 is 10.1 Å². The van der Waals surface area contributed by atoms with Crippen molar-refractivity contribution < 1.29 is 4.74 Å². The lowest BCUT2D eigenvalue weighted by molar-refractivity contribution is 0.0334. The molecule has 19 heavy (non-hydrogen) atoms. The molecule has 0 saturated heterocycles. The molecule has 1 saturated carbocycles. The summed E-state index contributed by atoms with van der Waals surface area (Å²) in [5.41, 5.74) is 0. The van der Waals surface area contributed by atoms with Gasteiger partial charge in [0, 0.05) is 25.2 Å². The molecule has 0 radical (unpaired) electrons. The van der Waals surface area contributed by atoms with Crippen LogP contribution in [0.4, 0.5) is 0 Å². The molecule has 0 heterocycles. The lowest BCUT2D eigenvalue weighted by Gasteiger charge is -2.45. The fraction of sp³-hybridized carbons (Fsp3) is 1.00. The maximum Gasteiger partial charge on any atom is 0.0615 e. The Morgan fingerprint density at radius 3 is 2.58 bits per heavy atom. The van der Waals surface area contributed by atoms with E-state index in [1.165, 1.54) is 32.1 Å². The Morgan fingerprint density at radius 2 is 2.05 bits per heavy atom. The van der Waals surface area contributed by atoms with Gasteiger partial charge in [0.1, 0.15) is 0 Å². The number of nitrogens with zero attached hydrogens (tertiary/aromatic N) is 1. The predicted octanol–water partition coefficient (Wildman–Crippen LogP) is 2.90. The molecule has 3 nitrogen and oxygen atoms in total. The SMILES string of the molecule is CCCC1CCC(NC)C(N(CC)C(C)COC)C1. The van der Waals surface area contributed by atoms with Gasteiger partial charge in [-0.2, -0.15) is 0 Å². The highest BCUT2D eigenvalue weighted by Crippen LogP contribution is 2.31. The Morgan fingerprint density at radius 1 is 1.32 bits per heavy atom. The van der Waals surface area contributed by atoms with Gasteiger partial charge in [-0.15, -0.1) is 0 Å². The standard InChI is InChI=1S/C16H34N2O/c1-6-8-14-9-10-15(17-4)16(11-14)18(7-2)13(3)12-19-5/h13-17H,6-12H2,1-5H3. The van der Waals surface area contributed by atoms with E-state index in [2.05, 4.69) is 38.0 Å². The van der Waals surface area contributed by atoms with Gasteiger partial charge in [-0.1, -0.05) is 26.7 Å². The molecule has 0 spiro atoms. The number of nitrogens with one attached hydrogen (secondary N) is 1. The Balaban J connectivity index is 2.70. The molecule has 1 aliphatic carbocycles. The third-order valence-electron chi connectivity index (χ3n) is 4.76. The summed E-state index contributed by atoms with van der Waals surface area (Å²) in [4.78, 5) is 2.65. The largest absolute Gasteiger partial charge is 0.383 e. The van der Waals surface area contributed by atoms with E-state index in [4.69, 9.17) is 4.74 Å². The first-order chi connectivity index (χ1) is 9.17. The monoisotopic (exact) mass is 270 g/mol. The van der Waals surface area contributed by atoms with Gasteiger partial charge in [0.25, 0.3) is 0 Å². The summed E-state index contributed by atoms with van der Waals surface area (Å²) < 4.78 is 5.36. The van der Waals surface area contributed by atoms with Crippen molar-refractivity contribution in [3.05, 3.63) is 0 Å². The number of hydrogen-bond donors (Lipinski definition) is 1. The highest BCUT2D eigenvalue weighted by Gasteiger charge is 2.34. The van der Waals surface area contributed by atoms with E-state index >= 15 is 0 Å². The minimum absolute atomic E-state index is 0.510. The van der Waals surface area contributed by atoms with Crippen molar-refractivity contribution in [2.45, 2.75) is 71.0 Å². The van der Waals surface area contributed by atoms with Crippen molar-refractivity contribution in [3.8, 4) is 0 Å². The number of methoxy groups -OCH3 is 1. The summed E-state index contributed by atoms with van der Waals surface area (Å²) in [5, 5.41) is 3.55. The van der Waals surface area contributed by atoms with Crippen LogP contribution in [-0.2, 0) is 4.74 Å². The van der Waals surface area contributed by atoms with Crippen LogP contribution in [0.1, 0.15) is 52.9 Å². The number of rotatable bonds is 8. The molecule has 1 rings (SSSR count).